The van der Waals surface area contributed by atoms with E-state index in [9.17, 15) is 0 Å². The Kier molecular flexibility index (Phi) is 15.4. The van der Waals surface area contributed by atoms with Gasteiger partial charge in [-0.3, -0.25) is 0 Å². The van der Waals surface area contributed by atoms with Crippen molar-refractivity contribution in [2.75, 3.05) is 26.6 Å². The molecule has 4 heteroatoms. The van der Waals surface area contributed by atoms with Crippen LogP contribution in [0.25, 0.3) is 0 Å². The second-order valence-electron chi connectivity index (χ2n) is 1.51. The molecule has 0 aromatic rings. The van der Waals surface area contributed by atoms with E-state index in [0.717, 1.165) is 0 Å². The van der Waals surface area contributed by atoms with Gasteiger partial charge in [0.2, 0.25) is 0 Å². The van der Waals surface area contributed by atoms with Gasteiger partial charge in [-0.1, -0.05) is 0 Å². The summed E-state index contributed by atoms with van der Waals surface area (Å²) in [6, 6.07) is 0. The van der Waals surface area contributed by atoms with Crippen molar-refractivity contribution in [3.05, 3.63) is 0 Å². The molecule has 0 atom stereocenters. The first-order valence-electron chi connectivity index (χ1n) is 3.10. The third kappa shape index (κ3) is 10.9. The van der Waals surface area contributed by atoms with Gasteiger partial charge in [-0.05, 0) is 0 Å². The molecule has 0 saturated heterocycles. The second kappa shape index (κ2) is 11.9. The molecule has 0 aliphatic rings. The van der Waals surface area contributed by atoms with E-state index in [1.807, 2.05) is 0 Å². The van der Waals surface area contributed by atoms with Crippen molar-refractivity contribution in [2.45, 2.75) is 0 Å². The van der Waals surface area contributed by atoms with Gasteiger partial charge in [-0.2, -0.15) is 0 Å². The molecule has 10 heavy (non-hydrogen) atoms. The maximum absolute atomic E-state index is 2.49. The normalized spacial score (nSPS) is 11.0. The van der Waals surface area contributed by atoms with Crippen molar-refractivity contribution in [3.63, 3.8) is 0 Å². The molecule has 0 aliphatic heterocycles. The molecule has 0 radical (unpaired) electrons. The number of halogens is 4. The number of hydrogen-bond acceptors (Lipinski definition) is 0. The SMILES string of the molecule is ICC[I-]CC[I-]CCI. The quantitative estimate of drug-likeness (QED) is 0.161. The minimum absolute atomic E-state index is 0.625. The van der Waals surface area contributed by atoms with Crippen molar-refractivity contribution in [1.29, 1.82) is 0 Å². The van der Waals surface area contributed by atoms with E-state index in [2.05, 4.69) is 45.2 Å². The number of alkyl halides is 6. The molecule has 0 unspecified atom stereocenters. The van der Waals surface area contributed by atoms with Crippen LogP contribution in [0.3, 0.4) is 0 Å². The standard InChI is InChI=1S/C6H12I4/c7-1-3-9-5-6-10-4-2-8/h1-6H2/q-2. The molecule has 0 amide bonds. The zero-order valence-electron chi connectivity index (χ0n) is 5.75. The third-order valence-electron chi connectivity index (χ3n) is 0.749. The van der Waals surface area contributed by atoms with Crippen LogP contribution in [0.15, 0.2) is 0 Å². The Hall–Kier alpha value is 2.92. The Morgan fingerprint density at radius 2 is 1.10 bits per heavy atom. The Balaban J connectivity index is 2.65. The van der Waals surface area contributed by atoms with Gasteiger partial charge in [0.1, 0.15) is 0 Å². The van der Waals surface area contributed by atoms with Gasteiger partial charge in [0.05, 0.1) is 0 Å². The fourth-order valence-electron chi connectivity index (χ4n) is 0.391. The Labute approximate surface area is 112 Å². The zero-order valence-corrected chi connectivity index (χ0v) is 14.4. The molecule has 0 spiro atoms. The fourth-order valence-corrected chi connectivity index (χ4v) is 10.4. The molecule has 0 saturated carbocycles. The van der Waals surface area contributed by atoms with Crippen LogP contribution in [-0.2, 0) is 0 Å². The van der Waals surface area contributed by atoms with E-state index in [0.29, 0.717) is 42.4 Å². The molecule has 0 bridgehead atoms. The molecular formula is C6H12I4-2. The number of rotatable bonds is 7. The molecule has 0 aliphatic carbocycles. The van der Waals surface area contributed by atoms with Crippen LogP contribution < -0.4 is 42.4 Å². The zero-order chi connectivity index (χ0) is 7.66. The molecule has 0 heterocycles. The van der Waals surface area contributed by atoms with Gasteiger partial charge in [-0.15, -0.1) is 0 Å². The summed E-state index contributed by atoms with van der Waals surface area (Å²) in [7, 11) is 0. The van der Waals surface area contributed by atoms with Crippen LogP contribution in [0.2, 0.25) is 0 Å². The number of hydrogen-bond donors (Lipinski definition) is 0. The van der Waals surface area contributed by atoms with Crippen LogP contribution in [-0.4, -0.2) is 26.6 Å². The summed E-state index contributed by atoms with van der Waals surface area (Å²) in [4.78, 5) is 0. The van der Waals surface area contributed by atoms with Crippen molar-refractivity contribution in [3.8, 4) is 0 Å². The monoisotopic (exact) mass is 592 g/mol. The minimum atomic E-state index is 0.625. The summed E-state index contributed by atoms with van der Waals surface area (Å²) >= 11 is 6.23. The van der Waals surface area contributed by atoms with Crippen molar-refractivity contribution < 1.29 is 42.4 Å². The van der Waals surface area contributed by atoms with E-state index < -0.39 is 0 Å². The Morgan fingerprint density at radius 3 is 1.40 bits per heavy atom. The van der Waals surface area contributed by atoms with Crippen molar-refractivity contribution in [1.82, 2.24) is 0 Å². The van der Waals surface area contributed by atoms with Crippen LogP contribution >= 0.6 is 45.2 Å². The average molecular weight is 592 g/mol. The summed E-state index contributed by atoms with van der Waals surface area (Å²) < 4.78 is 9.13. The van der Waals surface area contributed by atoms with E-state index in [1.54, 1.807) is 17.7 Å². The summed E-state index contributed by atoms with van der Waals surface area (Å²) in [5, 5.41) is 0. The molecule has 0 nitrogen and oxygen atoms in total. The van der Waals surface area contributed by atoms with E-state index >= 15 is 0 Å². The van der Waals surface area contributed by atoms with E-state index in [4.69, 9.17) is 0 Å². The Morgan fingerprint density at radius 1 is 0.700 bits per heavy atom. The van der Waals surface area contributed by atoms with Crippen LogP contribution in [0.4, 0.5) is 0 Å². The van der Waals surface area contributed by atoms with Crippen LogP contribution in [0.1, 0.15) is 0 Å². The van der Waals surface area contributed by atoms with Gasteiger partial charge in [0, 0.05) is 0 Å². The molecule has 0 aromatic heterocycles. The summed E-state index contributed by atoms with van der Waals surface area (Å²) in [5.41, 5.74) is 0. The van der Waals surface area contributed by atoms with Gasteiger partial charge in [-0.25, -0.2) is 0 Å². The molecule has 0 aromatic carbocycles. The predicted molar refractivity (Wildman–Crippen MR) is 57.2 cm³/mol. The van der Waals surface area contributed by atoms with Gasteiger partial charge in [0.25, 0.3) is 0 Å². The second-order valence-corrected chi connectivity index (χ2v) is 10.1. The first-order valence-corrected chi connectivity index (χ1v) is 12.3. The van der Waals surface area contributed by atoms with Gasteiger partial charge in [0.15, 0.2) is 0 Å². The molecular weight excluding hydrogens is 580 g/mol. The predicted octanol–water partition coefficient (Wildman–Crippen LogP) is -3.97. The van der Waals surface area contributed by atoms with Crippen LogP contribution in [0, 0.1) is 0 Å². The molecule has 0 N–H and O–H groups in total. The van der Waals surface area contributed by atoms with Gasteiger partial charge < -0.3 is 0 Å². The van der Waals surface area contributed by atoms with E-state index in [1.165, 1.54) is 8.86 Å². The summed E-state index contributed by atoms with van der Waals surface area (Å²) in [6.07, 6.45) is 0. The molecule has 0 rings (SSSR count). The molecule has 0 fully saturated rings. The first kappa shape index (κ1) is 12.9. The van der Waals surface area contributed by atoms with Crippen molar-refractivity contribution >= 4 is 45.2 Å². The van der Waals surface area contributed by atoms with E-state index in [-0.39, 0.29) is 0 Å². The van der Waals surface area contributed by atoms with Crippen LogP contribution in [0.5, 0.6) is 0 Å². The average Bonchev–Trinajstić information content (AvgIpc) is 1.97. The Bertz CT molecular complexity index is 49.7. The summed E-state index contributed by atoms with van der Waals surface area (Å²) in [6.45, 7) is 0. The topological polar surface area (TPSA) is 0 Å². The maximum atomic E-state index is 2.49. The third-order valence-corrected chi connectivity index (χ3v) is 13.2. The summed E-state index contributed by atoms with van der Waals surface area (Å²) in [5.74, 6) is 0. The first-order chi connectivity index (χ1) is 4.91. The van der Waals surface area contributed by atoms with Gasteiger partial charge >= 0.3 is 114 Å². The molecule has 66 valence electrons. The fraction of sp³-hybridized carbons (Fsp3) is 1.00. The van der Waals surface area contributed by atoms with Crippen molar-refractivity contribution in [2.24, 2.45) is 0 Å².